The number of hydrogen-bond acceptors (Lipinski definition) is 4. The summed E-state index contributed by atoms with van der Waals surface area (Å²) in [6.45, 7) is 1.21. The molecule has 5 nitrogen and oxygen atoms in total. The number of benzene rings is 1. The Kier molecular flexibility index (Phi) is 4.33. The fraction of sp³-hybridized carbons (Fsp3) is 0.571. The van der Waals surface area contributed by atoms with Crippen LogP contribution in [0.3, 0.4) is 0 Å². The SMILES string of the molecule is CC(=O)c1cccc(NC(=O)COC(=O)C23CC4CC(CC(C4)C2)C3)c1. The number of ketones is 1. The van der Waals surface area contributed by atoms with Crippen molar-refractivity contribution in [1.29, 1.82) is 0 Å². The molecule has 0 atom stereocenters. The Morgan fingerprint density at radius 1 is 1.08 bits per heavy atom. The second kappa shape index (κ2) is 6.53. The summed E-state index contributed by atoms with van der Waals surface area (Å²) in [5.74, 6) is 1.37. The van der Waals surface area contributed by atoms with Crippen LogP contribution in [-0.4, -0.2) is 24.3 Å². The van der Waals surface area contributed by atoms with Gasteiger partial charge in [0.1, 0.15) is 0 Å². The first kappa shape index (κ1) is 17.3. The topological polar surface area (TPSA) is 72.5 Å². The monoisotopic (exact) mass is 355 g/mol. The Hall–Kier alpha value is -2.17. The van der Waals surface area contributed by atoms with Crippen molar-refractivity contribution in [3.63, 3.8) is 0 Å². The molecular weight excluding hydrogens is 330 g/mol. The van der Waals surface area contributed by atoms with Crippen LogP contribution in [0.15, 0.2) is 24.3 Å². The summed E-state index contributed by atoms with van der Waals surface area (Å²) in [4.78, 5) is 36.3. The molecule has 4 bridgehead atoms. The van der Waals surface area contributed by atoms with Crippen molar-refractivity contribution in [3.8, 4) is 0 Å². The minimum absolute atomic E-state index is 0.0608. The summed E-state index contributed by atoms with van der Waals surface area (Å²) in [6.07, 6.45) is 6.58. The molecule has 4 saturated carbocycles. The van der Waals surface area contributed by atoms with Crippen LogP contribution in [-0.2, 0) is 14.3 Å². The van der Waals surface area contributed by atoms with Gasteiger partial charge in [-0.2, -0.15) is 0 Å². The zero-order valence-electron chi connectivity index (χ0n) is 15.1. The van der Waals surface area contributed by atoms with E-state index >= 15 is 0 Å². The quantitative estimate of drug-likeness (QED) is 0.647. The first-order valence-corrected chi connectivity index (χ1v) is 9.51. The number of carbonyl (C=O) groups excluding carboxylic acids is 3. The molecule has 0 spiro atoms. The van der Waals surface area contributed by atoms with Crippen molar-refractivity contribution in [2.24, 2.45) is 23.2 Å². The van der Waals surface area contributed by atoms with Crippen molar-refractivity contribution in [2.45, 2.75) is 45.4 Å². The first-order valence-electron chi connectivity index (χ1n) is 9.51. The van der Waals surface area contributed by atoms with Gasteiger partial charge < -0.3 is 10.1 Å². The lowest BCUT2D eigenvalue weighted by atomic mass is 9.49. The molecule has 4 fully saturated rings. The van der Waals surface area contributed by atoms with Crippen LogP contribution in [0.2, 0.25) is 0 Å². The third-order valence-corrected chi connectivity index (χ3v) is 6.36. The van der Waals surface area contributed by atoms with Crippen LogP contribution >= 0.6 is 0 Å². The highest BCUT2D eigenvalue weighted by Gasteiger charge is 2.55. The molecule has 4 aliphatic carbocycles. The van der Waals surface area contributed by atoms with E-state index < -0.39 is 0 Å². The largest absolute Gasteiger partial charge is 0.455 e. The van der Waals surface area contributed by atoms with Gasteiger partial charge in [-0.3, -0.25) is 14.4 Å². The summed E-state index contributed by atoms with van der Waals surface area (Å²) in [5, 5.41) is 2.70. The van der Waals surface area contributed by atoms with Gasteiger partial charge in [-0.15, -0.1) is 0 Å². The molecule has 0 aromatic heterocycles. The van der Waals surface area contributed by atoms with E-state index in [1.165, 1.54) is 26.2 Å². The lowest BCUT2D eigenvalue weighted by Gasteiger charge is -2.55. The van der Waals surface area contributed by atoms with E-state index in [0.29, 0.717) is 29.0 Å². The molecule has 26 heavy (non-hydrogen) atoms. The van der Waals surface area contributed by atoms with Gasteiger partial charge in [0, 0.05) is 11.3 Å². The van der Waals surface area contributed by atoms with Gasteiger partial charge in [0.15, 0.2) is 12.4 Å². The maximum Gasteiger partial charge on any atom is 0.312 e. The van der Waals surface area contributed by atoms with E-state index in [0.717, 1.165) is 19.3 Å². The van der Waals surface area contributed by atoms with Crippen molar-refractivity contribution in [1.82, 2.24) is 0 Å². The van der Waals surface area contributed by atoms with Gasteiger partial charge in [0.25, 0.3) is 5.91 Å². The maximum absolute atomic E-state index is 12.8. The third kappa shape index (κ3) is 3.27. The molecule has 0 radical (unpaired) electrons. The fourth-order valence-corrected chi connectivity index (χ4v) is 5.66. The normalized spacial score (nSPS) is 31.5. The average Bonchev–Trinajstić information content (AvgIpc) is 2.58. The summed E-state index contributed by atoms with van der Waals surface area (Å²) in [6, 6.07) is 6.76. The maximum atomic E-state index is 12.8. The average molecular weight is 355 g/mol. The Morgan fingerprint density at radius 2 is 1.69 bits per heavy atom. The smallest absolute Gasteiger partial charge is 0.312 e. The lowest BCUT2D eigenvalue weighted by molar-refractivity contribution is -0.172. The molecular formula is C21H25NO4. The van der Waals surface area contributed by atoms with Crippen LogP contribution in [0, 0.1) is 23.2 Å². The molecule has 138 valence electrons. The van der Waals surface area contributed by atoms with E-state index in [9.17, 15) is 14.4 Å². The molecule has 0 heterocycles. The number of hydrogen-bond donors (Lipinski definition) is 1. The highest BCUT2D eigenvalue weighted by molar-refractivity contribution is 5.97. The molecule has 4 aliphatic rings. The summed E-state index contributed by atoms with van der Waals surface area (Å²) < 4.78 is 5.42. The number of carbonyl (C=O) groups is 3. The van der Waals surface area contributed by atoms with E-state index in [4.69, 9.17) is 4.74 Å². The summed E-state index contributed by atoms with van der Waals surface area (Å²) in [7, 11) is 0. The van der Waals surface area contributed by atoms with Crippen molar-refractivity contribution < 1.29 is 19.1 Å². The predicted molar refractivity (Wildman–Crippen MR) is 96.6 cm³/mol. The van der Waals surface area contributed by atoms with Gasteiger partial charge in [-0.1, -0.05) is 12.1 Å². The predicted octanol–water partition coefficient (Wildman–Crippen LogP) is 3.59. The number of ether oxygens (including phenoxy) is 1. The second-order valence-corrected chi connectivity index (χ2v) is 8.46. The van der Waals surface area contributed by atoms with Crippen LogP contribution in [0.25, 0.3) is 0 Å². The third-order valence-electron chi connectivity index (χ3n) is 6.36. The number of esters is 1. The fourth-order valence-electron chi connectivity index (χ4n) is 5.66. The second-order valence-electron chi connectivity index (χ2n) is 8.46. The van der Waals surface area contributed by atoms with Crippen LogP contribution in [0.5, 0.6) is 0 Å². The van der Waals surface area contributed by atoms with Crippen molar-refractivity contribution in [2.75, 3.05) is 11.9 Å². The Balaban J connectivity index is 1.34. The first-order chi connectivity index (χ1) is 12.4. The van der Waals surface area contributed by atoms with E-state index in [-0.39, 0.29) is 29.7 Å². The molecule has 0 saturated heterocycles. The standard InChI is InChI=1S/C21H25NO4/c1-13(23)17-3-2-4-18(8-17)22-19(24)12-26-20(25)21-9-14-5-15(10-21)7-16(6-14)11-21/h2-4,8,14-16H,5-7,9-12H2,1H3,(H,22,24). The molecule has 1 aromatic carbocycles. The number of anilines is 1. The van der Waals surface area contributed by atoms with Gasteiger partial charge in [0.2, 0.25) is 0 Å². The molecule has 1 N–H and O–H groups in total. The minimum Gasteiger partial charge on any atom is -0.455 e. The minimum atomic E-state index is -0.371. The number of amides is 1. The van der Waals surface area contributed by atoms with Crippen LogP contribution in [0.1, 0.15) is 55.8 Å². The number of Topliss-reactive ketones (excluding diaryl/α,β-unsaturated/α-hetero) is 1. The van der Waals surface area contributed by atoms with E-state index in [1.807, 2.05) is 0 Å². The Morgan fingerprint density at radius 3 is 2.27 bits per heavy atom. The highest BCUT2D eigenvalue weighted by atomic mass is 16.5. The van der Waals surface area contributed by atoms with E-state index in [2.05, 4.69) is 5.32 Å². The summed E-state index contributed by atoms with van der Waals surface area (Å²) >= 11 is 0. The van der Waals surface area contributed by atoms with Crippen LogP contribution in [0.4, 0.5) is 5.69 Å². The summed E-state index contributed by atoms with van der Waals surface area (Å²) in [5.41, 5.74) is 0.728. The molecule has 1 aromatic rings. The highest BCUT2D eigenvalue weighted by Crippen LogP contribution is 2.60. The molecule has 1 amide bonds. The number of rotatable bonds is 5. The number of nitrogens with one attached hydrogen (secondary N) is 1. The Labute approximate surface area is 153 Å². The van der Waals surface area contributed by atoms with Gasteiger partial charge >= 0.3 is 5.97 Å². The van der Waals surface area contributed by atoms with Crippen molar-refractivity contribution >= 4 is 23.3 Å². The molecule has 5 rings (SSSR count). The molecule has 5 heteroatoms. The van der Waals surface area contributed by atoms with E-state index in [1.54, 1.807) is 24.3 Å². The zero-order valence-corrected chi connectivity index (χ0v) is 15.1. The van der Waals surface area contributed by atoms with Crippen LogP contribution < -0.4 is 5.32 Å². The lowest BCUT2D eigenvalue weighted by Crippen LogP contribution is -2.50. The van der Waals surface area contributed by atoms with Crippen molar-refractivity contribution in [3.05, 3.63) is 29.8 Å². The molecule has 0 unspecified atom stereocenters. The van der Waals surface area contributed by atoms with Gasteiger partial charge in [-0.05, 0) is 75.3 Å². The van der Waals surface area contributed by atoms with Gasteiger partial charge in [0.05, 0.1) is 5.41 Å². The molecule has 0 aliphatic heterocycles. The van der Waals surface area contributed by atoms with Gasteiger partial charge in [-0.25, -0.2) is 0 Å². The Bertz CT molecular complexity index is 719. The zero-order chi connectivity index (χ0) is 18.3.